The molecule has 1 aromatic rings. The number of ketones is 1. The van der Waals surface area contributed by atoms with Gasteiger partial charge < -0.3 is 10.3 Å². The zero-order chi connectivity index (χ0) is 14.1. The van der Waals surface area contributed by atoms with Crippen molar-refractivity contribution in [2.45, 2.75) is 25.9 Å². The fourth-order valence-electron chi connectivity index (χ4n) is 1.35. The SMILES string of the molecule is Cc1cc(O)c(C(=O)CCC(F)(F)F)c(=O)n1O. The van der Waals surface area contributed by atoms with Crippen LogP contribution in [-0.4, -0.2) is 27.0 Å². The molecular weight excluding hydrogens is 255 g/mol. The highest BCUT2D eigenvalue weighted by molar-refractivity contribution is 5.98. The van der Waals surface area contributed by atoms with E-state index >= 15 is 0 Å². The fourth-order valence-corrected chi connectivity index (χ4v) is 1.35. The lowest BCUT2D eigenvalue weighted by molar-refractivity contribution is -0.133. The summed E-state index contributed by atoms with van der Waals surface area (Å²) in [5.41, 5.74) is -2.11. The van der Waals surface area contributed by atoms with E-state index in [4.69, 9.17) is 0 Å². The van der Waals surface area contributed by atoms with E-state index in [2.05, 4.69) is 0 Å². The first-order chi connectivity index (χ1) is 8.13. The van der Waals surface area contributed by atoms with Crippen LogP contribution in [0.4, 0.5) is 13.2 Å². The van der Waals surface area contributed by atoms with Crippen molar-refractivity contribution in [1.29, 1.82) is 0 Å². The molecule has 0 aromatic carbocycles. The van der Waals surface area contributed by atoms with Crippen molar-refractivity contribution in [1.82, 2.24) is 4.73 Å². The van der Waals surface area contributed by atoms with Gasteiger partial charge in [0.1, 0.15) is 11.3 Å². The summed E-state index contributed by atoms with van der Waals surface area (Å²) in [6, 6.07) is 0.919. The van der Waals surface area contributed by atoms with E-state index < -0.39 is 41.7 Å². The van der Waals surface area contributed by atoms with Crippen LogP contribution < -0.4 is 5.56 Å². The van der Waals surface area contributed by atoms with Gasteiger partial charge in [-0.25, -0.2) is 0 Å². The van der Waals surface area contributed by atoms with Crippen molar-refractivity contribution in [2.75, 3.05) is 0 Å². The van der Waals surface area contributed by atoms with E-state index in [1.54, 1.807) is 0 Å². The standard InChI is InChI=1S/C10H10F3NO4/c1-5-4-7(16)8(9(17)14(5)18)6(15)2-3-10(11,12)13/h4,16,18H,2-3H2,1H3. The summed E-state index contributed by atoms with van der Waals surface area (Å²) >= 11 is 0. The summed E-state index contributed by atoms with van der Waals surface area (Å²) in [5.74, 6) is -1.91. The number of Topliss-reactive ketones (excluding diaryl/α,β-unsaturated/α-hetero) is 1. The maximum atomic E-state index is 11.9. The lowest BCUT2D eigenvalue weighted by Crippen LogP contribution is -2.27. The molecule has 0 radical (unpaired) electrons. The summed E-state index contributed by atoms with van der Waals surface area (Å²) in [6.07, 6.45) is -6.90. The number of halogens is 3. The Hall–Kier alpha value is -1.99. The Labute approximate surface area is 99.0 Å². The van der Waals surface area contributed by atoms with Crippen LogP contribution in [0.3, 0.4) is 0 Å². The molecule has 0 amide bonds. The molecule has 0 aliphatic carbocycles. The Kier molecular flexibility index (Phi) is 3.68. The quantitative estimate of drug-likeness (QED) is 0.643. The van der Waals surface area contributed by atoms with Gasteiger partial charge in [0.25, 0.3) is 5.56 Å². The second kappa shape index (κ2) is 4.71. The third-order valence-corrected chi connectivity index (χ3v) is 2.26. The highest BCUT2D eigenvalue weighted by Crippen LogP contribution is 2.24. The molecule has 8 heteroatoms. The molecule has 0 saturated heterocycles. The molecular formula is C10H10F3NO4. The first-order valence-corrected chi connectivity index (χ1v) is 4.88. The summed E-state index contributed by atoms with van der Waals surface area (Å²) < 4.78 is 35.9. The lowest BCUT2D eigenvalue weighted by atomic mass is 10.1. The van der Waals surface area contributed by atoms with Crippen LogP contribution in [0.5, 0.6) is 5.75 Å². The number of aromatic hydroxyl groups is 1. The van der Waals surface area contributed by atoms with Crippen LogP contribution in [0.15, 0.2) is 10.9 Å². The predicted molar refractivity (Wildman–Crippen MR) is 53.9 cm³/mol. The summed E-state index contributed by atoms with van der Waals surface area (Å²) in [4.78, 5) is 22.8. The molecule has 0 aliphatic rings. The Morgan fingerprint density at radius 1 is 1.44 bits per heavy atom. The molecule has 0 atom stereocenters. The molecule has 0 aliphatic heterocycles. The van der Waals surface area contributed by atoms with Crippen LogP contribution in [-0.2, 0) is 0 Å². The molecule has 0 saturated carbocycles. The zero-order valence-corrected chi connectivity index (χ0v) is 9.28. The van der Waals surface area contributed by atoms with Gasteiger partial charge in [0.05, 0.1) is 12.1 Å². The number of alkyl halides is 3. The summed E-state index contributed by atoms with van der Waals surface area (Å²) in [7, 11) is 0. The Bertz CT molecular complexity index is 533. The second-order valence-electron chi connectivity index (χ2n) is 3.70. The number of aryl methyl sites for hydroxylation is 1. The van der Waals surface area contributed by atoms with Crippen molar-refractivity contribution < 1.29 is 28.3 Å². The first kappa shape index (κ1) is 14.1. The van der Waals surface area contributed by atoms with Crippen molar-refractivity contribution in [3.05, 3.63) is 27.7 Å². The molecule has 1 rings (SSSR count). The molecule has 0 unspecified atom stereocenters. The zero-order valence-electron chi connectivity index (χ0n) is 9.28. The van der Waals surface area contributed by atoms with Gasteiger partial charge in [-0.1, -0.05) is 0 Å². The summed E-state index contributed by atoms with van der Waals surface area (Å²) in [6.45, 7) is 1.28. The van der Waals surface area contributed by atoms with E-state index in [-0.39, 0.29) is 10.4 Å². The number of carbonyl (C=O) groups excluding carboxylic acids is 1. The second-order valence-corrected chi connectivity index (χ2v) is 3.70. The normalized spacial score (nSPS) is 11.6. The average molecular weight is 265 g/mol. The topological polar surface area (TPSA) is 79.5 Å². The number of hydrogen-bond acceptors (Lipinski definition) is 4. The molecule has 0 spiro atoms. The maximum absolute atomic E-state index is 11.9. The number of aromatic nitrogens is 1. The van der Waals surface area contributed by atoms with Crippen molar-refractivity contribution >= 4 is 5.78 Å². The molecule has 100 valence electrons. The van der Waals surface area contributed by atoms with Gasteiger partial charge in [0, 0.05) is 12.5 Å². The smallest absolute Gasteiger partial charge is 0.389 e. The van der Waals surface area contributed by atoms with Crippen molar-refractivity contribution in [3.8, 4) is 5.75 Å². The van der Waals surface area contributed by atoms with Crippen LogP contribution in [0, 0.1) is 6.92 Å². The number of rotatable bonds is 3. The van der Waals surface area contributed by atoms with E-state index in [9.17, 15) is 33.1 Å². The summed E-state index contributed by atoms with van der Waals surface area (Å²) in [5, 5.41) is 18.6. The van der Waals surface area contributed by atoms with E-state index in [1.165, 1.54) is 6.92 Å². The Balaban J connectivity index is 3.08. The van der Waals surface area contributed by atoms with E-state index in [1.807, 2.05) is 0 Å². The van der Waals surface area contributed by atoms with Gasteiger partial charge in [-0.2, -0.15) is 17.9 Å². The van der Waals surface area contributed by atoms with E-state index in [0.717, 1.165) is 6.07 Å². The van der Waals surface area contributed by atoms with Gasteiger partial charge >= 0.3 is 6.18 Å². The largest absolute Gasteiger partial charge is 0.507 e. The van der Waals surface area contributed by atoms with Gasteiger partial charge in [0.15, 0.2) is 5.78 Å². The molecule has 18 heavy (non-hydrogen) atoms. The van der Waals surface area contributed by atoms with E-state index in [0.29, 0.717) is 0 Å². The van der Waals surface area contributed by atoms with Crippen LogP contribution in [0.2, 0.25) is 0 Å². The number of pyridine rings is 1. The van der Waals surface area contributed by atoms with Crippen LogP contribution >= 0.6 is 0 Å². The maximum Gasteiger partial charge on any atom is 0.389 e. The van der Waals surface area contributed by atoms with Gasteiger partial charge in [-0.3, -0.25) is 9.59 Å². The molecule has 0 fully saturated rings. The fraction of sp³-hybridized carbons (Fsp3) is 0.400. The number of carbonyl (C=O) groups is 1. The molecule has 1 aromatic heterocycles. The molecule has 5 nitrogen and oxygen atoms in total. The Morgan fingerprint density at radius 2 is 2.00 bits per heavy atom. The van der Waals surface area contributed by atoms with Crippen LogP contribution in [0.1, 0.15) is 28.9 Å². The van der Waals surface area contributed by atoms with Crippen molar-refractivity contribution in [2.24, 2.45) is 0 Å². The average Bonchev–Trinajstić information content (AvgIpc) is 2.22. The molecule has 0 bridgehead atoms. The highest BCUT2D eigenvalue weighted by Gasteiger charge is 2.29. The van der Waals surface area contributed by atoms with Crippen molar-refractivity contribution in [3.63, 3.8) is 0 Å². The highest BCUT2D eigenvalue weighted by atomic mass is 19.4. The van der Waals surface area contributed by atoms with Gasteiger partial charge in [-0.05, 0) is 6.92 Å². The lowest BCUT2D eigenvalue weighted by Gasteiger charge is -2.08. The van der Waals surface area contributed by atoms with Crippen LogP contribution in [0.25, 0.3) is 0 Å². The predicted octanol–water partition coefficient (Wildman–Crippen LogP) is 1.62. The number of hydrogen-bond donors (Lipinski definition) is 2. The Morgan fingerprint density at radius 3 is 2.50 bits per heavy atom. The van der Waals surface area contributed by atoms with Gasteiger partial charge in [0.2, 0.25) is 0 Å². The number of nitrogens with zero attached hydrogens (tertiary/aromatic N) is 1. The van der Waals surface area contributed by atoms with Gasteiger partial charge in [-0.15, -0.1) is 0 Å². The molecule has 2 N–H and O–H groups in total. The minimum atomic E-state index is -4.53. The monoisotopic (exact) mass is 265 g/mol. The third kappa shape index (κ3) is 3.02. The first-order valence-electron chi connectivity index (χ1n) is 4.88. The third-order valence-electron chi connectivity index (χ3n) is 2.26. The minimum Gasteiger partial charge on any atom is -0.507 e. The molecule has 1 heterocycles. The minimum absolute atomic E-state index is 0.0372.